The molecule has 0 radical (unpaired) electrons. The summed E-state index contributed by atoms with van der Waals surface area (Å²) in [7, 11) is 0. The molecule has 5 rings (SSSR count). The van der Waals surface area contributed by atoms with Crippen molar-refractivity contribution >= 4 is 34.7 Å². The number of amides is 1. The van der Waals surface area contributed by atoms with E-state index >= 15 is 0 Å². The average molecular weight is 462 g/mol. The Labute approximate surface area is 192 Å². The van der Waals surface area contributed by atoms with Crippen molar-refractivity contribution < 1.29 is 23.4 Å². The standard InChI is InChI=1S/C23H19FN6O4/c24-16-12-26-23(28-14-3-1-13(2-4-14)22-25-8-10-33-22)30-20(16)27-15-5-6-18-17(11-15)29-21(32)19(34-18)7-9-31/h1-6,8,10-12,19,31H,7,9H2,(H,29,32)(H2,26,27,28,30). The number of aliphatic hydroxyl groups is 1. The summed E-state index contributed by atoms with van der Waals surface area (Å²) in [5.74, 6) is 0.108. The summed E-state index contributed by atoms with van der Waals surface area (Å²) < 4.78 is 25.3. The summed E-state index contributed by atoms with van der Waals surface area (Å²) in [6, 6.07) is 12.2. The van der Waals surface area contributed by atoms with Crippen LogP contribution < -0.4 is 20.7 Å². The fourth-order valence-corrected chi connectivity index (χ4v) is 3.38. The second kappa shape index (κ2) is 9.16. The highest BCUT2D eigenvalue weighted by atomic mass is 19.1. The van der Waals surface area contributed by atoms with Crippen LogP contribution in [0, 0.1) is 5.82 Å². The van der Waals surface area contributed by atoms with E-state index in [-0.39, 0.29) is 30.7 Å². The van der Waals surface area contributed by atoms with E-state index in [2.05, 4.69) is 30.9 Å². The van der Waals surface area contributed by atoms with Gasteiger partial charge in [0.05, 0.1) is 18.1 Å². The monoisotopic (exact) mass is 462 g/mol. The van der Waals surface area contributed by atoms with Gasteiger partial charge >= 0.3 is 0 Å². The molecule has 10 nitrogen and oxygen atoms in total. The summed E-state index contributed by atoms with van der Waals surface area (Å²) in [5, 5.41) is 17.7. The first-order valence-electron chi connectivity index (χ1n) is 10.4. The van der Waals surface area contributed by atoms with Crippen LogP contribution in [0.3, 0.4) is 0 Å². The molecule has 0 saturated heterocycles. The van der Waals surface area contributed by atoms with E-state index in [1.165, 1.54) is 6.26 Å². The van der Waals surface area contributed by atoms with Crippen LogP contribution in [-0.2, 0) is 4.79 Å². The van der Waals surface area contributed by atoms with Crippen LogP contribution in [0.2, 0.25) is 0 Å². The normalized spacial score (nSPS) is 14.6. The Bertz CT molecular complexity index is 1310. The molecule has 1 aliphatic heterocycles. The zero-order chi connectivity index (χ0) is 23.5. The Morgan fingerprint density at radius 2 is 1.91 bits per heavy atom. The molecule has 0 bridgehead atoms. The molecule has 4 N–H and O–H groups in total. The molecule has 1 atom stereocenters. The second-order valence-corrected chi connectivity index (χ2v) is 7.37. The SMILES string of the molecule is O=C1Nc2cc(Nc3nc(Nc4ccc(-c5ncco5)cc4)ncc3F)ccc2OC1CCO. The lowest BCUT2D eigenvalue weighted by molar-refractivity contribution is -0.124. The molecule has 0 saturated carbocycles. The molecule has 172 valence electrons. The number of carbonyl (C=O) groups is 1. The minimum absolute atomic E-state index is 0.0462. The zero-order valence-electron chi connectivity index (χ0n) is 17.7. The molecule has 2 aromatic carbocycles. The fraction of sp³-hybridized carbons (Fsp3) is 0.130. The van der Waals surface area contributed by atoms with E-state index < -0.39 is 11.9 Å². The maximum absolute atomic E-state index is 14.4. The number of halogens is 1. The third-order valence-corrected chi connectivity index (χ3v) is 5.02. The van der Waals surface area contributed by atoms with Gasteiger partial charge in [-0.2, -0.15) is 4.98 Å². The van der Waals surface area contributed by atoms with Gasteiger partial charge in [-0.15, -0.1) is 0 Å². The minimum atomic E-state index is -0.756. The molecule has 11 heteroatoms. The first kappa shape index (κ1) is 21.3. The first-order valence-corrected chi connectivity index (χ1v) is 10.4. The first-order chi connectivity index (χ1) is 16.6. The molecule has 0 spiro atoms. The number of aromatic nitrogens is 3. The van der Waals surface area contributed by atoms with Crippen LogP contribution in [0.25, 0.3) is 11.5 Å². The third-order valence-electron chi connectivity index (χ3n) is 5.02. The van der Waals surface area contributed by atoms with Crippen LogP contribution in [0.1, 0.15) is 6.42 Å². The quantitative estimate of drug-likeness (QED) is 0.323. The highest BCUT2D eigenvalue weighted by Crippen LogP contribution is 2.34. The van der Waals surface area contributed by atoms with Gasteiger partial charge in [0.15, 0.2) is 17.7 Å². The number of ether oxygens (including phenoxy) is 1. The van der Waals surface area contributed by atoms with Crippen molar-refractivity contribution in [2.45, 2.75) is 12.5 Å². The Kier molecular flexibility index (Phi) is 5.75. The number of anilines is 5. The summed E-state index contributed by atoms with van der Waals surface area (Å²) >= 11 is 0. The van der Waals surface area contributed by atoms with Gasteiger partial charge < -0.3 is 30.2 Å². The van der Waals surface area contributed by atoms with Gasteiger partial charge in [0.25, 0.3) is 5.91 Å². The number of fused-ring (bicyclic) bond motifs is 1. The zero-order valence-corrected chi connectivity index (χ0v) is 17.7. The Morgan fingerprint density at radius 3 is 2.68 bits per heavy atom. The number of carbonyl (C=O) groups excluding carboxylic acids is 1. The minimum Gasteiger partial charge on any atom is -0.478 e. The van der Waals surface area contributed by atoms with Crippen molar-refractivity contribution in [3.05, 3.63) is 66.9 Å². The molecule has 4 aromatic rings. The van der Waals surface area contributed by atoms with E-state index in [4.69, 9.17) is 14.3 Å². The maximum Gasteiger partial charge on any atom is 0.265 e. The van der Waals surface area contributed by atoms with Crippen LogP contribution in [0.5, 0.6) is 5.75 Å². The van der Waals surface area contributed by atoms with E-state index in [0.717, 1.165) is 11.8 Å². The lowest BCUT2D eigenvalue weighted by Crippen LogP contribution is -2.37. The molecule has 3 heterocycles. The number of benzene rings is 2. The van der Waals surface area contributed by atoms with Crippen molar-refractivity contribution in [1.82, 2.24) is 15.0 Å². The van der Waals surface area contributed by atoms with Gasteiger partial charge in [0.2, 0.25) is 11.8 Å². The summed E-state index contributed by atoms with van der Waals surface area (Å²) in [6.45, 7) is -0.165. The van der Waals surface area contributed by atoms with E-state index in [9.17, 15) is 9.18 Å². The number of hydrogen-bond donors (Lipinski definition) is 4. The molecule has 1 amide bonds. The van der Waals surface area contributed by atoms with Crippen molar-refractivity contribution in [3.8, 4) is 17.2 Å². The molecular weight excluding hydrogens is 443 g/mol. The van der Waals surface area contributed by atoms with Gasteiger partial charge in [0.1, 0.15) is 12.0 Å². The highest BCUT2D eigenvalue weighted by Gasteiger charge is 2.27. The number of hydrogen-bond acceptors (Lipinski definition) is 9. The smallest absolute Gasteiger partial charge is 0.265 e. The highest BCUT2D eigenvalue weighted by molar-refractivity contribution is 5.98. The molecule has 1 aliphatic rings. The van der Waals surface area contributed by atoms with Gasteiger partial charge in [-0.1, -0.05) is 0 Å². The van der Waals surface area contributed by atoms with Crippen molar-refractivity contribution in [2.24, 2.45) is 0 Å². The van der Waals surface area contributed by atoms with Crippen LogP contribution >= 0.6 is 0 Å². The largest absolute Gasteiger partial charge is 0.478 e. The van der Waals surface area contributed by atoms with E-state index in [1.807, 2.05) is 12.1 Å². The molecule has 2 aromatic heterocycles. The summed E-state index contributed by atoms with van der Waals surface area (Å²) in [4.78, 5) is 24.4. The van der Waals surface area contributed by atoms with Crippen LogP contribution in [-0.4, -0.2) is 38.7 Å². The van der Waals surface area contributed by atoms with Gasteiger partial charge in [-0.05, 0) is 42.5 Å². The number of nitrogens with one attached hydrogen (secondary N) is 3. The predicted octanol–water partition coefficient (Wildman–Crippen LogP) is 3.84. The average Bonchev–Trinajstić information content (AvgIpc) is 3.38. The second-order valence-electron chi connectivity index (χ2n) is 7.37. The van der Waals surface area contributed by atoms with Crippen molar-refractivity contribution in [3.63, 3.8) is 0 Å². The van der Waals surface area contributed by atoms with Gasteiger partial charge in [0, 0.05) is 30.0 Å². The summed E-state index contributed by atoms with van der Waals surface area (Å²) in [6.07, 6.45) is 3.56. The number of rotatable bonds is 7. The number of nitrogens with zero attached hydrogens (tertiary/aromatic N) is 3. The van der Waals surface area contributed by atoms with Gasteiger partial charge in [-0.3, -0.25) is 4.79 Å². The molecule has 1 unspecified atom stereocenters. The van der Waals surface area contributed by atoms with Gasteiger partial charge in [-0.25, -0.2) is 14.4 Å². The maximum atomic E-state index is 14.4. The third kappa shape index (κ3) is 4.50. The van der Waals surface area contributed by atoms with Crippen molar-refractivity contribution in [1.29, 1.82) is 0 Å². The Balaban J connectivity index is 1.31. The summed E-state index contributed by atoms with van der Waals surface area (Å²) in [5.41, 5.74) is 2.42. The van der Waals surface area contributed by atoms with Crippen molar-refractivity contribution in [2.75, 3.05) is 22.6 Å². The Morgan fingerprint density at radius 1 is 1.09 bits per heavy atom. The van der Waals surface area contributed by atoms with Crippen LogP contribution in [0.15, 0.2) is 65.5 Å². The molecule has 0 aliphatic carbocycles. The number of aliphatic hydroxyl groups excluding tert-OH is 1. The molecular formula is C23H19FN6O4. The lowest BCUT2D eigenvalue weighted by Gasteiger charge is -2.25. The fourth-order valence-electron chi connectivity index (χ4n) is 3.38. The number of oxazole rings is 1. The Hall–Kier alpha value is -4.51. The lowest BCUT2D eigenvalue weighted by atomic mass is 10.1. The van der Waals surface area contributed by atoms with E-state index in [1.54, 1.807) is 36.5 Å². The topological polar surface area (TPSA) is 134 Å². The molecule has 0 fully saturated rings. The predicted molar refractivity (Wildman–Crippen MR) is 122 cm³/mol. The van der Waals surface area contributed by atoms with E-state index in [0.29, 0.717) is 28.7 Å². The van der Waals surface area contributed by atoms with Crippen LogP contribution in [0.4, 0.5) is 33.2 Å². The molecule has 34 heavy (non-hydrogen) atoms.